The van der Waals surface area contributed by atoms with Crippen molar-refractivity contribution in [2.45, 2.75) is 13.5 Å². The van der Waals surface area contributed by atoms with E-state index in [-0.39, 0.29) is 5.91 Å². The van der Waals surface area contributed by atoms with Crippen LogP contribution in [0.25, 0.3) is 10.8 Å². The fourth-order valence-electron chi connectivity index (χ4n) is 3.04. The van der Waals surface area contributed by atoms with E-state index in [1.807, 2.05) is 55.5 Å². The van der Waals surface area contributed by atoms with E-state index in [9.17, 15) is 4.79 Å². The number of pyridine rings is 1. The molecule has 0 fully saturated rings. The number of aryl methyl sites for hydroxylation is 1. The highest BCUT2D eigenvalue weighted by Crippen LogP contribution is 2.26. The van der Waals surface area contributed by atoms with Crippen molar-refractivity contribution >= 4 is 22.5 Å². The van der Waals surface area contributed by atoms with Gasteiger partial charge in [0.1, 0.15) is 18.2 Å². The molecule has 0 aliphatic heterocycles. The molecule has 1 heterocycles. The van der Waals surface area contributed by atoms with Crippen molar-refractivity contribution in [2.24, 2.45) is 0 Å². The van der Waals surface area contributed by atoms with Gasteiger partial charge in [0.05, 0.1) is 0 Å². The van der Waals surface area contributed by atoms with E-state index in [4.69, 9.17) is 4.74 Å². The van der Waals surface area contributed by atoms with Gasteiger partial charge in [-0.05, 0) is 48.2 Å². The lowest BCUT2D eigenvalue weighted by Gasteiger charge is -2.10. The van der Waals surface area contributed by atoms with Gasteiger partial charge < -0.3 is 10.1 Å². The van der Waals surface area contributed by atoms with Crippen LogP contribution < -0.4 is 10.1 Å². The first-order valence-electron chi connectivity index (χ1n) is 9.13. The maximum Gasteiger partial charge on any atom is 0.256 e. The van der Waals surface area contributed by atoms with Gasteiger partial charge in [-0.25, -0.2) is 4.98 Å². The smallest absolute Gasteiger partial charge is 0.256 e. The van der Waals surface area contributed by atoms with Gasteiger partial charge in [0.25, 0.3) is 5.91 Å². The minimum absolute atomic E-state index is 0.181. The molecule has 0 atom stereocenters. The fourth-order valence-corrected chi connectivity index (χ4v) is 3.04. The maximum atomic E-state index is 12.4. The van der Waals surface area contributed by atoms with Crippen LogP contribution in [0.1, 0.15) is 21.6 Å². The van der Waals surface area contributed by atoms with Crippen LogP contribution in [-0.2, 0) is 6.61 Å². The van der Waals surface area contributed by atoms with Crippen LogP contribution >= 0.6 is 0 Å². The molecular weight excluding hydrogens is 348 g/mol. The Hall–Kier alpha value is -3.66. The molecule has 0 spiro atoms. The highest BCUT2D eigenvalue weighted by atomic mass is 16.5. The molecule has 0 aliphatic rings. The van der Waals surface area contributed by atoms with Gasteiger partial charge >= 0.3 is 0 Å². The summed E-state index contributed by atoms with van der Waals surface area (Å²) in [6.07, 6.45) is 0. The molecule has 3 aromatic carbocycles. The zero-order chi connectivity index (χ0) is 19.3. The second kappa shape index (κ2) is 7.92. The molecule has 0 bridgehead atoms. The Morgan fingerprint density at radius 1 is 0.893 bits per heavy atom. The Labute approximate surface area is 163 Å². The SMILES string of the molecule is Cc1cccc(NC(=O)c2ccc(COc3cccc4ccccc34)cc2)n1. The van der Waals surface area contributed by atoms with Gasteiger partial charge in [-0.3, -0.25) is 4.79 Å². The monoisotopic (exact) mass is 368 g/mol. The van der Waals surface area contributed by atoms with Gasteiger partial charge in [0.15, 0.2) is 0 Å². The normalized spacial score (nSPS) is 10.6. The van der Waals surface area contributed by atoms with E-state index >= 15 is 0 Å². The summed E-state index contributed by atoms with van der Waals surface area (Å²) in [5, 5.41) is 5.05. The molecule has 4 nitrogen and oxygen atoms in total. The number of carbonyl (C=O) groups is 1. The number of carbonyl (C=O) groups excluding carboxylic acids is 1. The van der Waals surface area contributed by atoms with E-state index in [2.05, 4.69) is 28.5 Å². The van der Waals surface area contributed by atoms with E-state index in [1.54, 1.807) is 18.2 Å². The summed E-state index contributed by atoms with van der Waals surface area (Å²) >= 11 is 0. The van der Waals surface area contributed by atoms with Crippen molar-refractivity contribution in [3.8, 4) is 5.75 Å². The van der Waals surface area contributed by atoms with Gasteiger partial charge in [0, 0.05) is 16.6 Å². The third-order valence-electron chi connectivity index (χ3n) is 4.49. The fraction of sp³-hybridized carbons (Fsp3) is 0.0833. The first-order chi connectivity index (χ1) is 13.7. The number of aromatic nitrogens is 1. The number of benzene rings is 3. The van der Waals surface area contributed by atoms with Gasteiger partial charge in [-0.15, -0.1) is 0 Å². The van der Waals surface area contributed by atoms with Crippen molar-refractivity contribution in [1.82, 2.24) is 4.98 Å². The van der Waals surface area contributed by atoms with Crippen LogP contribution in [0.15, 0.2) is 84.9 Å². The Balaban J connectivity index is 1.42. The van der Waals surface area contributed by atoms with Gasteiger partial charge in [-0.2, -0.15) is 0 Å². The molecule has 0 saturated carbocycles. The first kappa shape index (κ1) is 17.7. The predicted molar refractivity (Wildman–Crippen MR) is 112 cm³/mol. The highest BCUT2D eigenvalue weighted by molar-refractivity contribution is 6.03. The molecule has 0 unspecified atom stereocenters. The number of fused-ring (bicyclic) bond motifs is 1. The molecule has 0 aliphatic carbocycles. The minimum atomic E-state index is -0.181. The Morgan fingerprint density at radius 3 is 2.46 bits per heavy atom. The van der Waals surface area contributed by atoms with Crippen molar-refractivity contribution in [3.05, 3.63) is 102 Å². The zero-order valence-electron chi connectivity index (χ0n) is 15.6. The lowest BCUT2D eigenvalue weighted by Crippen LogP contribution is -2.13. The number of nitrogens with one attached hydrogen (secondary N) is 1. The van der Waals surface area contributed by atoms with Crippen LogP contribution in [0.2, 0.25) is 0 Å². The Kier molecular flexibility index (Phi) is 5.02. The topological polar surface area (TPSA) is 51.2 Å². The second-order valence-corrected chi connectivity index (χ2v) is 6.58. The minimum Gasteiger partial charge on any atom is -0.488 e. The zero-order valence-corrected chi connectivity index (χ0v) is 15.6. The van der Waals surface area contributed by atoms with E-state index < -0.39 is 0 Å². The van der Waals surface area contributed by atoms with E-state index in [1.165, 1.54) is 0 Å². The highest BCUT2D eigenvalue weighted by Gasteiger charge is 2.08. The van der Waals surface area contributed by atoms with Crippen molar-refractivity contribution in [1.29, 1.82) is 0 Å². The number of rotatable bonds is 5. The van der Waals surface area contributed by atoms with Crippen LogP contribution in [-0.4, -0.2) is 10.9 Å². The standard InChI is InChI=1S/C24H20N2O2/c1-17-6-4-11-23(25-17)26-24(27)20-14-12-18(13-15-20)16-28-22-10-5-8-19-7-2-3-9-21(19)22/h2-15H,16H2,1H3,(H,25,26,27). The molecule has 138 valence electrons. The first-order valence-corrected chi connectivity index (χ1v) is 9.13. The number of nitrogens with zero attached hydrogens (tertiary/aromatic N) is 1. The average molecular weight is 368 g/mol. The molecular formula is C24H20N2O2. The lowest BCUT2D eigenvalue weighted by atomic mass is 10.1. The molecule has 4 rings (SSSR count). The number of amides is 1. The molecule has 0 saturated heterocycles. The van der Waals surface area contributed by atoms with Gasteiger partial charge in [0.2, 0.25) is 0 Å². The Bertz CT molecular complexity index is 1120. The summed E-state index contributed by atoms with van der Waals surface area (Å²) in [6.45, 7) is 2.33. The summed E-state index contributed by atoms with van der Waals surface area (Å²) < 4.78 is 6.00. The molecule has 1 N–H and O–H groups in total. The summed E-state index contributed by atoms with van der Waals surface area (Å²) in [5.41, 5.74) is 2.44. The molecule has 0 radical (unpaired) electrons. The van der Waals surface area contributed by atoms with Crippen LogP contribution in [0.4, 0.5) is 5.82 Å². The molecule has 4 aromatic rings. The van der Waals surface area contributed by atoms with E-state index in [0.29, 0.717) is 18.0 Å². The predicted octanol–water partition coefficient (Wildman–Crippen LogP) is 5.37. The summed E-state index contributed by atoms with van der Waals surface area (Å²) in [5.74, 6) is 1.22. The number of hydrogen-bond acceptors (Lipinski definition) is 3. The lowest BCUT2D eigenvalue weighted by molar-refractivity contribution is 0.102. The maximum absolute atomic E-state index is 12.4. The summed E-state index contributed by atoms with van der Waals surface area (Å²) in [4.78, 5) is 16.7. The average Bonchev–Trinajstić information content (AvgIpc) is 2.72. The molecule has 4 heteroatoms. The van der Waals surface area contributed by atoms with E-state index in [0.717, 1.165) is 27.8 Å². The van der Waals surface area contributed by atoms with Crippen LogP contribution in [0.5, 0.6) is 5.75 Å². The summed E-state index contributed by atoms with van der Waals surface area (Å²) in [6, 6.07) is 27.1. The summed E-state index contributed by atoms with van der Waals surface area (Å²) in [7, 11) is 0. The van der Waals surface area contributed by atoms with Crippen molar-refractivity contribution < 1.29 is 9.53 Å². The molecule has 1 aromatic heterocycles. The quantitative estimate of drug-likeness (QED) is 0.515. The third kappa shape index (κ3) is 4.01. The molecule has 1 amide bonds. The second-order valence-electron chi connectivity index (χ2n) is 6.58. The van der Waals surface area contributed by atoms with Gasteiger partial charge in [-0.1, -0.05) is 54.6 Å². The number of hydrogen-bond donors (Lipinski definition) is 1. The molecule has 28 heavy (non-hydrogen) atoms. The van der Waals surface area contributed by atoms with Crippen molar-refractivity contribution in [3.63, 3.8) is 0 Å². The number of anilines is 1. The van der Waals surface area contributed by atoms with Crippen LogP contribution in [0.3, 0.4) is 0 Å². The third-order valence-corrected chi connectivity index (χ3v) is 4.49. The van der Waals surface area contributed by atoms with Crippen molar-refractivity contribution in [2.75, 3.05) is 5.32 Å². The Morgan fingerprint density at radius 2 is 1.64 bits per heavy atom. The van der Waals surface area contributed by atoms with Crippen LogP contribution in [0, 0.1) is 6.92 Å². The number of ether oxygens (including phenoxy) is 1. The largest absolute Gasteiger partial charge is 0.488 e.